The number of oxazole rings is 1. The largest absolute Gasteiger partial charge is 0.437 e. The number of benzene rings is 1. The Bertz CT molecular complexity index is 611. The van der Waals surface area contributed by atoms with Gasteiger partial charge >= 0.3 is 0 Å². The fourth-order valence-corrected chi connectivity index (χ4v) is 2.02. The highest BCUT2D eigenvalue weighted by atomic mass is 35.5. The molecule has 6 heteroatoms. The molecule has 1 amide bonds. The van der Waals surface area contributed by atoms with Crippen LogP contribution in [0.4, 0.5) is 0 Å². The summed E-state index contributed by atoms with van der Waals surface area (Å²) in [6, 6.07) is 4.96. The van der Waals surface area contributed by atoms with Crippen molar-refractivity contribution >= 4 is 28.6 Å². The number of hydrogen-bond acceptors (Lipinski definition) is 4. The Morgan fingerprint density at radius 2 is 2.30 bits per heavy atom. The van der Waals surface area contributed by atoms with Gasteiger partial charge in [-0.15, -0.1) is 0 Å². The molecular formula is C14H17ClN2O3. The van der Waals surface area contributed by atoms with Crippen LogP contribution >= 0.6 is 11.6 Å². The number of fused-ring (bicyclic) bond motifs is 1. The smallest absolute Gasteiger partial charge is 0.260 e. The van der Waals surface area contributed by atoms with Gasteiger partial charge in [0, 0.05) is 24.7 Å². The number of aromatic nitrogens is 1. The fourth-order valence-electron chi connectivity index (χ4n) is 1.85. The summed E-state index contributed by atoms with van der Waals surface area (Å²) in [6.07, 6.45) is 0.482. The van der Waals surface area contributed by atoms with Crippen LogP contribution in [0.25, 0.3) is 11.1 Å². The SMILES string of the molecule is CCCCN(C)C(=O)C(O)c1nc2ccc(Cl)cc2o1. The number of unbranched alkanes of at least 4 members (excludes halogenated alkanes) is 1. The molecule has 0 aliphatic heterocycles. The van der Waals surface area contributed by atoms with E-state index in [4.69, 9.17) is 16.0 Å². The molecule has 0 aliphatic rings. The number of halogens is 1. The number of amides is 1. The molecule has 1 heterocycles. The van der Waals surface area contributed by atoms with Gasteiger partial charge in [0.2, 0.25) is 12.0 Å². The van der Waals surface area contributed by atoms with E-state index in [1.165, 1.54) is 4.90 Å². The third-order valence-corrected chi connectivity index (χ3v) is 3.29. The molecule has 1 N–H and O–H groups in total. The average Bonchev–Trinajstić information content (AvgIpc) is 2.85. The molecule has 0 saturated carbocycles. The Hall–Kier alpha value is -1.59. The van der Waals surface area contributed by atoms with Gasteiger partial charge < -0.3 is 14.4 Å². The minimum atomic E-state index is -1.39. The molecule has 0 bridgehead atoms. The lowest BCUT2D eigenvalue weighted by molar-refractivity contribution is -0.140. The van der Waals surface area contributed by atoms with Gasteiger partial charge in [0.05, 0.1) is 0 Å². The monoisotopic (exact) mass is 296 g/mol. The molecular weight excluding hydrogens is 280 g/mol. The van der Waals surface area contributed by atoms with Gasteiger partial charge in [0.1, 0.15) is 5.52 Å². The number of carbonyl (C=O) groups is 1. The molecule has 0 fully saturated rings. The predicted molar refractivity (Wildman–Crippen MR) is 76.5 cm³/mol. The molecule has 0 aliphatic carbocycles. The van der Waals surface area contributed by atoms with E-state index in [0.29, 0.717) is 22.7 Å². The molecule has 20 heavy (non-hydrogen) atoms. The summed E-state index contributed by atoms with van der Waals surface area (Å²) >= 11 is 5.85. The van der Waals surface area contributed by atoms with E-state index in [1.54, 1.807) is 25.2 Å². The topological polar surface area (TPSA) is 66.6 Å². The maximum Gasteiger partial charge on any atom is 0.260 e. The third kappa shape index (κ3) is 3.11. The number of rotatable bonds is 5. The molecule has 2 aromatic rings. The minimum absolute atomic E-state index is 0.00406. The van der Waals surface area contributed by atoms with Crippen LogP contribution in [0.3, 0.4) is 0 Å². The van der Waals surface area contributed by atoms with Crippen LogP contribution < -0.4 is 0 Å². The van der Waals surface area contributed by atoms with Crippen molar-refractivity contribution in [2.24, 2.45) is 0 Å². The number of carbonyl (C=O) groups excluding carboxylic acids is 1. The highest BCUT2D eigenvalue weighted by Crippen LogP contribution is 2.24. The summed E-state index contributed by atoms with van der Waals surface area (Å²) in [4.78, 5) is 17.6. The summed E-state index contributed by atoms with van der Waals surface area (Å²) in [5, 5.41) is 10.6. The van der Waals surface area contributed by atoms with E-state index in [0.717, 1.165) is 12.8 Å². The zero-order chi connectivity index (χ0) is 14.7. The quantitative estimate of drug-likeness (QED) is 0.921. The summed E-state index contributed by atoms with van der Waals surface area (Å²) in [7, 11) is 1.65. The first kappa shape index (κ1) is 14.8. The minimum Gasteiger partial charge on any atom is -0.437 e. The van der Waals surface area contributed by atoms with Crippen molar-refractivity contribution in [3.05, 3.63) is 29.1 Å². The standard InChI is InChI=1S/C14H17ClN2O3/c1-3-4-7-17(2)14(19)12(18)13-16-10-6-5-9(15)8-11(10)20-13/h5-6,8,12,18H,3-4,7H2,1-2H3. The Balaban J connectivity index is 2.17. The lowest BCUT2D eigenvalue weighted by atomic mass is 10.2. The van der Waals surface area contributed by atoms with E-state index in [1.807, 2.05) is 6.92 Å². The van der Waals surface area contributed by atoms with Gasteiger partial charge in [0.25, 0.3) is 5.91 Å². The van der Waals surface area contributed by atoms with Crippen LogP contribution in [-0.4, -0.2) is 34.5 Å². The van der Waals surface area contributed by atoms with Crippen LogP contribution in [0.1, 0.15) is 31.8 Å². The van der Waals surface area contributed by atoms with Crippen LogP contribution in [0.5, 0.6) is 0 Å². The third-order valence-electron chi connectivity index (χ3n) is 3.06. The predicted octanol–water partition coefficient (Wildman–Crippen LogP) is 2.77. The van der Waals surface area contributed by atoms with Crippen molar-refractivity contribution in [3.63, 3.8) is 0 Å². The molecule has 1 unspecified atom stereocenters. The summed E-state index contributed by atoms with van der Waals surface area (Å²) < 4.78 is 5.39. The van der Waals surface area contributed by atoms with Crippen LogP contribution in [0.2, 0.25) is 5.02 Å². The maximum absolute atomic E-state index is 12.0. The zero-order valence-electron chi connectivity index (χ0n) is 11.5. The molecule has 0 spiro atoms. The van der Waals surface area contributed by atoms with E-state index in [9.17, 15) is 9.90 Å². The zero-order valence-corrected chi connectivity index (χ0v) is 12.2. The first-order valence-electron chi connectivity index (χ1n) is 6.52. The van der Waals surface area contributed by atoms with Gasteiger partial charge in [-0.05, 0) is 18.6 Å². The molecule has 1 aromatic heterocycles. The number of likely N-dealkylation sites (N-methyl/N-ethyl adjacent to an activating group) is 1. The van der Waals surface area contributed by atoms with Gasteiger partial charge in [-0.2, -0.15) is 0 Å². The molecule has 5 nitrogen and oxygen atoms in total. The van der Waals surface area contributed by atoms with Crippen molar-refractivity contribution in [2.75, 3.05) is 13.6 Å². The number of aliphatic hydroxyl groups excluding tert-OH is 1. The van der Waals surface area contributed by atoms with E-state index in [2.05, 4.69) is 4.98 Å². The summed E-state index contributed by atoms with van der Waals surface area (Å²) in [5.41, 5.74) is 1.02. The van der Waals surface area contributed by atoms with Gasteiger partial charge in [0.15, 0.2) is 5.58 Å². The highest BCUT2D eigenvalue weighted by molar-refractivity contribution is 6.31. The fraction of sp³-hybridized carbons (Fsp3) is 0.429. The molecule has 1 atom stereocenters. The first-order valence-corrected chi connectivity index (χ1v) is 6.89. The van der Waals surface area contributed by atoms with Crippen molar-refractivity contribution in [3.8, 4) is 0 Å². The lowest BCUT2D eigenvalue weighted by Crippen LogP contribution is -2.32. The van der Waals surface area contributed by atoms with E-state index >= 15 is 0 Å². The number of hydrogen-bond donors (Lipinski definition) is 1. The number of aliphatic hydroxyl groups is 1. The van der Waals surface area contributed by atoms with Gasteiger partial charge in [-0.25, -0.2) is 4.98 Å². The molecule has 0 radical (unpaired) electrons. The second-order valence-corrected chi connectivity index (χ2v) is 5.12. The highest BCUT2D eigenvalue weighted by Gasteiger charge is 2.26. The van der Waals surface area contributed by atoms with Crippen LogP contribution in [0, 0.1) is 0 Å². The van der Waals surface area contributed by atoms with E-state index in [-0.39, 0.29) is 5.89 Å². The Kier molecular flexibility index (Phi) is 4.62. The summed E-state index contributed by atoms with van der Waals surface area (Å²) in [5.74, 6) is -0.424. The molecule has 108 valence electrons. The second kappa shape index (κ2) is 6.24. The van der Waals surface area contributed by atoms with Crippen molar-refractivity contribution in [2.45, 2.75) is 25.9 Å². The first-order chi connectivity index (χ1) is 9.52. The molecule has 0 saturated heterocycles. The Morgan fingerprint density at radius 1 is 1.55 bits per heavy atom. The Labute approximate surface area is 122 Å². The van der Waals surface area contributed by atoms with Crippen molar-refractivity contribution in [1.82, 2.24) is 9.88 Å². The average molecular weight is 297 g/mol. The van der Waals surface area contributed by atoms with Gasteiger partial charge in [-0.3, -0.25) is 4.79 Å². The summed E-state index contributed by atoms with van der Waals surface area (Å²) in [6.45, 7) is 2.64. The normalized spacial score (nSPS) is 12.6. The van der Waals surface area contributed by atoms with Crippen LogP contribution in [-0.2, 0) is 4.79 Å². The Morgan fingerprint density at radius 3 is 3.00 bits per heavy atom. The van der Waals surface area contributed by atoms with Crippen LogP contribution in [0.15, 0.2) is 22.6 Å². The number of nitrogens with zero attached hydrogens (tertiary/aromatic N) is 2. The van der Waals surface area contributed by atoms with E-state index < -0.39 is 12.0 Å². The second-order valence-electron chi connectivity index (χ2n) is 4.68. The molecule has 2 rings (SSSR count). The lowest BCUT2D eigenvalue weighted by Gasteiger charge is -2.18. The maximum atomic E-state index is 12.0. The van der Waals surface area contributed by atoms with Crippen molar-refractivity contribution in [1.29, 1.82) is 0 Å². The molecule has 1 aromatic carbocycles. The van der Waals surface area contributed by atoms with Crippen molar-refractivity contribution < 1.29 is 14.3 Å². The van der Waals surface area contributed by atoms with Gasteiger partial charge in [-0.1, -0.05) is 24.9 Å².